The second-order valence-corrected chi connectivity index (χ2v) is 5.36. The molecule has 1 aromatic heterocycles. The van der Waals surface area contributed by atoms with Gasteiger partial charge in [0.15, 0.2) is 0 Å². The van der Waals surface area contributed by atoms with E-state index in [9.17, 15) is 14.4 Å². The maximum absolute atomic E-state index is 12.1. The van der Waals surface area contributed by atoms with Crippen LogP contribution in [0.4, 0.5) is 5.82 Å². The van der Waals surface area contributed by atoms with Crippen LogP contribution < -0.4 is 10.6 Å². The molecule has 0 bridgehead atoms. The normalized spacial score (nSPS) is 17.2. The Bertz CT molecular complexity index is 746. The molecule has 1 aliphatic heterocycles. The molecule has 1 aliphatic rings. The third kappa shape index (κ3) is 3.55. The van der Waals surface area contributed by atoms with Crippen molar-refractivity contribution in [2.75, 3.05) is 11.9 Å². The molecule has 2 N–H and O–H groups in total. The average molecular weight is 332 g/mol. The van der Waals surface area contributed by atoms with E-state index in [0.717, 1.165) is 0 Å². The highest BCUT2D eigenvalue weighted by Gasteiger charge is 2.27. The van der Waals surface area contributed by atoms with Crippen molar-refractivity contribution in [2.45, 2.75) is 34.1 Å². The Balaban J connectivity index is 2.31. The molecule has 0 aliphatic carbocycles. The Morgan fingerprint density at radius 2 is 1.92 bits per heavy atom. The van der Waals surface area contributed by atoms with Crippen LogP contribution in [0.5, 0.6) is 0 Å². The number of anilines is 1. The Labute approximate surface area is 139 Å². The number of carbonyl (C=O) groups is 3. The van der Waals surface area contributed by atoms with Crippen LogP contribution in [0.1, 0.15) is 32.9 Å². The van der Waals surface area contributed by atoms with Crippen molar-refractivity contribution in [2.24, 2.45) is 15.9 Å². The van der Waals surface area contributed by atoms with E-state index < -0.39 is 11.8 Å². The van der Waals surface area contributed by atoms with Crippen LogP contribution in [0.2, 0.25) is 0 Å². The minimum absolute atomic E-state index is 0.0708. The van der Waals surface area contributed by atoms with E-state index in [1.54, 1.807) is 26.8 Å². The van der Waals surface area contributed by atoms with Gasteiger partial charge in [0.05, 0.1) is 11.6 Å². The van der Waals surface area contributed by atoms with Gasteiger partial charge < -0.3 is 10.6 Å². The molecular formula is C15H20N6O3. The molecule has 9 heteroatoms. The highest BCUT2D eigenvalue weighted by atomic mass is 16.2. The van der Waals surface area contributed by atoms with Gasteiger partial charge in [-0.25, -0.2) is 4.99 Å². The lowest BCUT2D eigenvalue weighted by Gasteiger charge is -2.17. The van der Waals surface area contributed by atoms with Gasteiger partial charge in [-0.05, 0) is 27.2 Å². The van der Waals surface area contributed by atoms with Gasteiger partial charge in [0, 0.05) is 18.3 Å². The number of aromatic nitrogens is 2. The zero-order valence-corrected chi connectivity index (χ0v) is 14.1. The molecule has 0 spiro atoms. The van der Waals surface area contributed by atoms with Crippen LogP contribution in [-0.2, 0) is 14.4 Å². The van der Waals surface area contributed by atoms with Crippen LogP contribution in [0, 0.1) is 12.8 Å². The number of likely N-dealkylation sites (N-methyl/N-ethyl adjacent to an activating group) is 1. The quantitative estimate of drug-likeness (QED) is 0.783. The SMILES string of the molecule is CCNC(=O)C(=O)Nc1cc(C)nn1C1=NC(=O)C(CC)C(C)=N1. The topological polar surface area (TPSA) is 118 Å². The summed E-state index contributed by atoms with van der Waals surface area (Å²) in [5.41, 5.74) is 1.23. The van der Waals surface area contributed by atoms with Crippen molar-refractivity contribution in [3.63, 3.8) is 0 Å². The summed E-state index contributed by atoms with van der Waals surface area (Å²) in [6, 6.07) is 1.57. The Kier molecular flexibility index (Phi) is 5.22. The molecule has 24 heavy (non-hydrogen) atoms. The number of nitrogens with one attached hydrogen (secondary N) is 2. The lowest BCUT2D eigenvalue weighted by molar-refractivity contribution is -0.136. The monoisotopic (exact) mass is 332 g/mol. The highest BCUT2D eigenvalue weighted by molar-refractivity contribution is 6.39. The number of rotatable bonds is 3. The first-order valence-electron chi connectivity index (χ1n) is 7.71. The largest absolute Gasteiger partial charge is 0.348 e. The van der Waals surface area contributed by atoms with Crippen molar-refractivity contribution in [1.82, 2.24) is 15.1 Å². The third-order valence-corrected chi connectivity index (χ3v) is 3.50. The predicted molar refractivity (Wildman–Crippen MR) is 89.0 cm³/mol. The van der Waals surface area contributed by atoms with Crippen LogP contribution in [0.3, 0.4) is 0 Å². The number of hydrogen-bond acceptors (Lipinski definition) is 5. The summed E-state index contributed by atoms with van der Waals surface area (Å²) in [5.74, 6) is -1.92. The first kappa shape index (κ1) is 17.5. The zero-order chi connectivity index (χ0) is 17.9. The summed E-state index contributed by atoms with van der Waals surface area (Å²) in [7, 11) is 0. The van der Waals surface area contributed by atoms with Gasteiger partial charge in [-0.1, -0.05) is 6.92 Å². The van der Waals surface area contributed by atoms with E-state index >= 15 is 0 Å². The number of nitrogens with zero attached hydrogens (tertiary/aromatic N) is 4. The van der Waals surface area contributed by atoms with Crippen molar-refractivity contribution in [1.29, 1.82) is 0 Å². The van der Waals surface area contributed by atoms with Crippen LogP contribution in [0.15, 0.2) is 16.1 Å². The number of amides is 3. The summed E-state index contributed by atoms with van der Waals surface area (Å²) in [6.07, 6.45) is 0.615. The van der Waals surface area contributed by atoms with Crippen molar-refractivity contribution < 1.29 is 14.4 Å². The summed E-state index contributed by atoms with van der Waals surface area (Å²) < 4.78 is 1.25. The summed E-state index contributed by atoms with van der Waals surface area (Å²) in [6.45, 7) is 7.41. The van der Waals surface area contributed by atoms with Crippen molar-refractivity contribution in [3.8, 4) is 0 Å². The minimum atomic E-state index is -0.826. The number of carbonyl (C=O) groups excluding carboxylic acids is 3. The summed E-state index contributed by atoms with van der Waals surface area (Å²) in [5, 5.41) is 9.06. The molecule has 1 atom stereocenters. The maximum atomic E-state index is 12.1. The molecule has 0 aromatic carbocycles. The molecule has 0 fully saturated rings. The summed E-state index contributed by atoms with van der Waals surface area (Å²) in [4.78, 5) is 43.8. The van der Waals surface area contributed by atoms with Gasteiger partial charge in [-0.15, -0.1) is 0 Å². The molecule has 3 amide bonds. The molecule has 2 heterocycles. The fourth-order valence-corrected chi connectivity index (χ4v) is 2.34. The lowest BCUT2D eigenvalue weighted by atomic mass is 10.00. The summed E-state index contributed by atoms with van der Waals surface area (Å²) >= 11 is 0. The van der Waals surface area contributed by atoms with E-state index in [1.807, 2.05) is 6.92 Å². The standard InChI is InChI=1S/C15H20N6O3/c1-5-10-9(4)17-15(19-12(10)22)21-11(7-8(3)20-21)18-14(24)13(23)16-6-2/h7,10H,5-6H2,1-4H3,(H,16,23)(H,18,24). The van der Waals surface area contributed by atoms with Crippen LogP contribution in [-0.4, -0.2) is 45.7 Å². The molecule has 0 saturated carbocycles. The first-order valence-corrected chi connectivity index (χ1v) is 7.71. The molecule has 0 saturated heterocycles. The average Bonchev–Trinajstić information content (AvgIpc) is 2.87. The fourth-order valence-electron chi connectivity index (χ4n) is 2.34. The Morgan fingerprint density at radius 3 is 2.50 bits per heavy atom. The fraction of sp³-hybridized carbons (Fsp3) is 0.467. The molecule has 9 nitrogen and oxygen atoms in total. The first-order chi connectivity index (χ1) is 11.4. The van der Waals surface area contributed by atoms with Gasteiger partial charge in [0.1, 0.15) is 5.82 Å². The van der Waals surface area contributed by atoms with E-state index in [-0.39, 0.29) is 23.6 Å². The zero-order valence-electron chi connectivity index (χ0n) is 14.1. The van der Waals surface area contributed by atoms with Crippen LogP contribution in [0.25, 0.3) is 0 Å². The van der Waals surface area contributed by atoms with E-state index in [4.69, 9.17) is 0 Å². The number of hydrogen-bond donors (Lipinski definition) is 2. The molecular weight excluding hydrogens is 312 g/mol. The van der Waals surface area contributed by atoms with Gasteiger partial charge in [0.25, 0.3) is 11.9 Å². The number of aryl methyl sites for hydroxylation is 1. The predicted octanol–water partition coefficient (Wildman–Crippen LogP) is 0.498. The smallest absolute Gasteiger partial charge is 0.314 e. The lowest BCUT2D eigenvalue weighted by Crippen LogP contribution is -2.36. The molecule has 2 rings (SSSR count). The highest BCUT2D eigenvalue weighted by Crippen LogP contribution is 2.17. The van der Waals surface area contributed by atoms with Gasteiger partial charge in [0.2, 0.25) is 0 Å². The van der Waals surface area contributed by atoms with Gasteiger partial charge in [-0.2, -0.15) is 14.8 Å². The molecule has 128 valence electrons. The number of aliphatic imine (C=N–C) groups is 2. The Hall–Kier alpha value is -2.84. The van der Waals surface area contributed by atoms with Gasteiger partial charge in [-0.3, -0.25) is 14.4 Å². The van der Waals surface area contributed by atoms with E-state index in [2.05, 4.69) is 25.7 Å². The maximum Gasteiger partial charge on any atom is 0.314 e. The third-order valence-electron chi connectivity index (χ3n) is 3.50. The van der Waals surface area contributed by atoms with E-state index in [1.165, 1.54) is 4.68 Å². The Morgan fingerprint density at radius 1 is 1.21 bits per heavy atom. The molecule has 1 unspecified atom stereocenters. The van der Waals surface area contributed by atoms with Crippen LogP contribution >= 0.6 is 0 Å². The molecule has 1 aromatic rings. The van der Waals surface area contributed by atoms with Gasteiger partial charge >= 0.3 is 11.8 Å². The second-order valence-electron chi connectivity index (χ2n) is 5.36. The molecule has 0 radical (unpaired) electrons. The van der Waals surface area contributed by atoms with E-state index in [0.29, 0.717) is 24.4 Å². The minimum Gasteiger partial charge on any atom is -0.348 e. The van der Waals surface area contributed by atoms with Crippen molar-refractivity contribution in [3.05, 3.63) is 11.8 Å². The van der Waals surface area contributed by atoms with Crippen molar-refractivity contribution >= 4 is 35.2 Å². The second kappa shape index (κ2) is 7.16.